The molecule has 1 heterocycles. The number of para-hydroxylation sites is 1. The number of rotatable bonds is 4. The highest BCUT2D eigenvalue weighted by atomic mass is 16.3. The van der Waals surface area contributed by atoms with Crippen LogP contribution in [-0.4, -0.2) is 0 Å². The zero-order chi connectivity index (χ0) is 40.5. The summed E-state index contributed by atoms with van der Waals surface area (Å²) in [5, 5.41) is 2.26. The molecule has 0 bridgehead atoms. The van der Waals surface area contributed by atoms with E-state index in [-0.39, 0.29) is 21.7 Å². The minimum Gasteiger partial charge on any atom is -0.455 e. The molecule has 0 radical (unpaired) electrons. The quantitative estimate of drug-likeness (QED) is 0.178. The summed E-state index contributed by atoms with van der Waals surface area (Å²) < 4.78 is 7.02. The number of anilines is 3. The van der Waals surface area contributed by atoms with Crippen LogP contribution in [0.5, 0.6) is 0 Å². The number of furan rings is 1. The van der Waals surface area contributed by atoms with Gasteiger partial charge >= 0.3 is 0 Å². The number of hydrogen-bond donors (Lipinski definition) is 0. The lowest BCUT2D eigenvalue weighted by atomic mass is 9.79. The fourth-order valence-electron chi connectivity index (χ4n) is 9.91. The van der Waals surface area contributed by atoms with Crippen molar-refractivity contribution < 1.29 is 4.42 Å². The normalized spacial score (nSPS) is 15.0. The van der Waals surface area contributed by atoms with Crippen LogP contribution in [0.1, 0.15) is 103 Å². The minimum absolute atomic E-state index is 0.0151. The van der Waals surface area contributed by atoms with Crippen LogP contribution < -0.4 is 4.90 Å². The molecule has 2 nitrogen and oxygen atoms in total. The van der Waals surface area contributed by atoms with Gasteiger partial charge in [0.05, 0.1) is 0 Å². The Bertz CT molecular complexity index is 2840. The van der Waals surface area contributed by atoms with E-state index in [0.29, 0.717) is 0 Å². The molecule has 0 fully saturated rings. The Morgan fingerprint density at radius 2 is 0.879 bits per heavy atom. The van der Waals surface area contributed by atoms with Gasteiger partial charge in [-0.05, 0) is 108 Å². The van der Waals surface area contributed by atoms with Gasteiger partial charge in [-0.25, -0.2) is 0 Å². The predicted molar refractivity (Wildman–Crippen MR) is 246 cm³/mol. The van der Waals surface area contributed by atoms with Crippen molar-refractivity contribution in [3.63, 3.8) is 0 Å². The lowest BCUT2D eigenvalue weighted by Crippen LogP contribution is -2.18. The van der Waals surface area contributed by atoms with Gasteiger partial charge in [0, 0.05) is 50.3 Å². The molecule has 0 saturated carbocycles. The van der Waals surface area contributed by atoms with Crippen molar-refractivity contribution in [1.29, 1.82) is 0 Å². The first-order valence-electron chi connectivity index (χ1n) is 20.9. The van der Waals surface area contributed by atoms with Crippen LogP contribution in [0, 0.1) is 0 Å². The molecule has 1 aromatic heterocycles. The van der Waals surface area contributed by atoms with E-state index >= 15 is 0 Å². The lowest BCUT2D eigenvalue weighted by Gasteiger charge is -2.29. The Hall–Kier alpha value is -5.86. The van der Waals surface area contributed by atoms with E-state index in [0.717, 1.165) is 44.6 Å². The Morgan fingerprint density at radius 3 is 1.41 bits per heavy atom. The Kier molecular flexibility index (Phi) is 7.75. The van der Waals surface area contributed by atoms with Crippen molar-refractivity contribution in [2.24, 2.45) is 0 Å². The Balaban J connectivity index is 1.16. The summed E-state index contributed by atoms with van der Waals surface area (Å²) in [5.41, 5.74) is 20.7. The second kappa shape index (κ2) is 12.3. The Morgan fingerprint density at radius 1 is 0.414 bits per heavy atom. The van der Waals surface area contributed by atoms with E-state index in [9.17, 15) is 0 Å². The van der Waals surface area contributed by atoms with E-state index in [2.05, 4.69) is 214 Å². The molecule has 0 saturated heterocycles. The minimum atomic E-state index is -0.120. The molecule has 0 amide bonds. The van der Waals surface area contributed by atoms with E-state index in [4.69, 9.17) is 4.42 Å². The van der Waals surface area contributed by atoms with Crippen LogP contribution in [0.25, 0.3) is 55.3 Å². The number of benzene rings is 7. The standard InChI is InChI=1S/C56H53NO/c1-53(2,3)35-28-34(29-36(30-35)54(4,5)6)40-18-15-19-46-45-27-24-39(33-51(45)58-52(40)46)57(37-22-25-43-41-16-11-13-20-47(41)55(7,8)49(43)31-37)38-23-26-44-42-17-12-14-21-48(42)56(9,10)50(44)32-38/h11-33H,1-10H3. The van der Waals surface area contributed by atoms with Crippen molar-refractivity contribution in [3.05, 3.63) is 173 Å². The van der Waals surface area contributed by atoms with Crippen LogP contribution in [0.3, 0.4) is 0 Å². The molecule has 0 N–H and O–H groups in total. The third kappa shape index (κ3) is 5.44. The molecule has 2 aliphatic rings. The highest BCUT2D eigenvalue weighted by Gasteiger charge is 2.38. The van der Waals surface area contributed by atoms with Crippen molar-refractivity contribution in [2.75, 3.05) is 4.90 Å². The maximum Gasteiger partial charge on any atom is 0.143 e. The smallest absolute Gasteiger partial charge is 0.143 e. The van der Waals surface area contributed by atoms with Crippen molar-refractivity contribution in [2.45, 2.75) is 90.9 Å². The van der Waals surface area contributed by atoms with E-state index in [1.807, 2.05) is 0 Å². The van der Waals surface area contributed by atoms with Crippen LogP contribution in [-0.2, 0) is 21.7 Å². The highest BCUT2D eigenvalue weighted by Crippen LogP contribution is 2.53. The molecular weight excluding hydrogens is 703 g/mol. The van der Waals surface area contributed by atoms with Crippen molar-refractivity contribution >= 4 is 39.0 Å². The first-order chi connectivity index (χ1) is 27.5. The largest absolute Gasteiger partial charge is 0.455 e. The van der Waals surface area contributed by atoms with Gasteiger partial charge < -0.3 is 9.32 Å². The van der Waals surface area contributed by atoms with Crippen molar-refractivity contribution in [3.8, 4) is 33.4 Å². The van der Waals surface area contributed by atoms with Gasteiger partial charge in [0.2, 0.25) is 0 Å². The van der Waals surface area contributed by atoms with Gasteiger partial charge in [-0.2, -0.15) is 0 Å². The summed E-state index contributed by atoms with van der Waals surface area (Å²) >= 11 is 0. The van der Waals surface area contributed by atoms with E-state index in [1.54, 1.807) is 0 Å². The summed E-state index contributed by atoms with van der Waals surface area (Å²) in [5.74, 6) is 0. The van der Waals surface area contributed by atoms with E-state index < -0.39 is 0 Å². The van der Waals surface area contributed by atoms with Crippen LogP contribution in [0.2, 0.25) is 0 Å². The second-order valence-corrected chi connectivity index (χ2v) is 19.9. The number of hydrogen-bond acceptors (Lipinski definition) is 2. The predicted octanol–water partition coefficient (Wildman–Crippen LogP) is 15.9. The average Bonchev–Trinajstić information content (AvgIpc) is 3.76. The number of fused-ring (bicyclic) bond motifs is 9. The van der Waals surface area contributed by atoms with Gasteiger partial charge in [0.1, 0.15) is 11.2 Å². The fraction of sp³-hybridized carbons (Fsp3) is 0.250. The zero-order valence-corrected chi connectivity index (χ0v) is 35.6. The van der Waals surface area contributed by atoms with Gasteiger partial charge in [0.15, 0.2) is 0 Å². The maximum atomic E-state index is 7.02. The summed E-state index contributed by atoms with van der Waals surface area (Å²) in [6.45, 7) is 23.3. The second-order valence-electron chi connectivity index (χ2n) is 19.9. The number of nitrogens with zero attached hydrogens (tertiary/aromatic N) is 1. The summed E-state index contributed by atoms with van der Waals surface area (Å²) in [6.07, 6.45) is 0. The third-order valence-electron chi connectivity index (χ3n) is 13.4. The molecule has 2 aliphatic carbocycles. The molecule has 0 atom stereocenters. The van der Waals surface area contributed by atoms with Crippen molar-refractivity contribution in [1.82, 2.24) is 0 Å². The molecule has 8 aromatic rings. The Labute approximate surface area is 344 Å². The third-order valence-corrected chi connectivity index (χ3v) is 13.4. The summed E-state index contributed by atoms with van der Waals surface area (Å²) in [6, 6.07) is 52.5. The van der Waals surface area contributed by atoms with Crippen LogP contribution in [0.15, 0.2) is 144 Å². The molecule has 0 unspecified atom stereocenters. The fourth-order valence-corrected chi connectivity index (χ4v) is 9.91. The lowest BCUT2D eigenvalue weighted by molar-refractivity contribution is 0.569. The molecule has 0 spiro atoms. The van der Waals surface area contributed by atoms with E-state index in [1.165, 1.54) is 61.2 Å². The molecule has 58 heavy (non-hydrogen) atoms. The average molecular weight is 756 g/mol. The summed E-state index contributed by atoms with van der Waals surface area (Å²) in [4.78, 5) is 2.44. The van der Waals surface area contributed by atoms with Gasteiger partial charge in [-0.3, -0.25) is 0 Å². The van der Waals surface area contributed by atoms with Crippen LogP contribution in [0.4, 0.5) is 17.1 Å². The molecule has 7 aromatic carbocycles. The maximum absolute atomic E-state index is 7.02. The topological polar surface area (TPSA) is 16.4 Å². The van der Waals surface area contributed by atoms with Gasteiger partial charge in [0.25, 0.3) is 0 Å². The van der Waals surface area contributed by atoms with Gasteiger partial charge in [-0.1, -0.05) is 166 Å². The molecule has 10 rings (SSSR count). The molecular formula is C56H53NO. The molecule has 0 aliphatic heterocycles. The van der Waals surface area contributed by atoms with Crippen LogP contribution >= 0.6 is 0 Å². The zero-order valence-electron chi connectivity index (χ0n) is 35.6. The monoisotopic (exact) mass is 755 g/mol. The molecule has 2 heteroatoms. The molecule has 288 valence electrons. The van der Waals surface area contributed by atoms with Gasteiger partial charge in [-0.15, -0.1) is 0 Å². The first-order valence-corrected chi connectivity index (χ1v) is 20.9. The summed E-state index contributed by atoms with van der Waals surface area (Å²) in [7, 11) is 0. The first kappa shape index (κ1) is 36.5. The SMILES string of the molecule is CC(C)(C)c1cc(-c2cccc3c2oc2cc(N(c4ccc5c(c4)C(C)(C)c4ccccc4-5)c4ccc5c(c4)C(C)(C)c4ccccc4-5)ccc23)cc(C(C)(C)C)c1. The highest BCUT2D eigenvalue weighted by molar-refractivity contribution is 6.10.